The van der Waals surface area contributed by atoms with E-state index in [1.54, 1.807) is 36.3 Å². The minimum atomic E-state index is -3.83. The highest BCUT2D eigenvalue weighted by atomic mass is 32.2. The number of piperazine rings is 1. The Balaban J connectivity index is 1.77. The van der Waals surface area contributed by atoms with Gasteiger partial charge in [0.1, 0.15) is 5.75 Å². The van der Waals surface area contributed by atoms with Gasteiger partial charge in [0, 0.05) is 37.5 Å². The number of carbonyl (C=O) groups excluding carboxylic acids is 2. The minimum Gasteiger partial charge on any atom is -0.497 e. The molecule has 1 fully saturated rings. The fraction of sp³-hybridized carbons (Fsp3) is 0.263. The van der Waals surface area contributed by atoms with E-state index in [9.17, 15) is 18.0 Å². The zero-order valence-electron chi connectivity index (χ0n) is 15.6. The number of anilines is 1. The SMILES string of the molecule is CNC(=O)c1ccc(S(=O)(=O)N2CCN(c3cccc(OC)c3)C(=O)C2)cc1. The Morgan fingerprint density at radius 2 is 1.82 bits per heavy atom. The molecule has 2 aromatic rings. The maximum Gasteiger partial charge on any atom is 0.251 e. The summed E-state index contributed by atoms with van der Waals surface area (Å²) in [5, 5.41) is 2.48. The summed E-state index contributed by atoms with van der Waals surface area (Å²) in [5.41, 5.74) is 1.02. The van der Waals surface area contributed by atoms with E-state index in [4.69, 9.17) is 4.74 Å². The molecule has 0 saturated carbocycles. The van der Waals surface area contributed by atoms with Gasteiger partial charge in [-0.3, -0.25) is 9.59 Å². The van der Waals surface area contributed by atoms with Crippen molar-refractivity contribution in [2.24, 2.45) is 0 Å². The molecule has 0 radical (unpaired) electrons. The topological polar surface area (TPSA) is 96.0 Å². The highest BCUT2D eigenvalue weighted by Gasteiger charge is 2.33. The predicted molar refractivity (Wildman–Crippen MR) is 104 cm³/mol. The van der Waals surface area contributed by atoms with Crippen molar-refractivity contribution in [1.82, 2.24) is 9.62 Å². The average Bonchev–Trinajstić information content (AvgIpc) is 2.73. The Hall–Kier alpha value is -2.91. The molecular weight excluding hydrogens is 382 g/mol. The number of methoxy groups -OCH3 is 1. The van der Waals surface area contributed by atoms with E-state index >= 15 is 0 Å². The molecule has 0 aliphatic carbocycles. The fourth-order valence-corrected chi connectivity index (χ4v) is 4.36. The zero-order valence-corrected chi connectivity index (χ0v) is 16.4. The molecule has 1 heterocycles. The third-order valence-electron chi connectivity index (χ3n) is 4.53. The van der Waals surface area contributed by atoms with Gasteiger partial charge in [0.2, 0.25) is 15.9 Å². The molecule has 1 aliphatic heterocycles. The van der Waals surface area contributed by atoms with Gasteiger partial charge in [0.05, 0.1) is 18.6 Å². The van der Waals surface area contributed by atoms with Crippen LogP contribution in [0.25, 0.3) is 0 Å². The van der Waals surface area contributed by atoms with Crippen LogP contribution in [0.3, 0.4) is 0 Å². The summed E-state index contributed by atoms with van der Waals surface area (Å²) in [6, 6.07) is 12.7. The largest absolute Gasteiger partial charge is 0.497 e. The van der Waals surface area contributed by atoms with Crippen molar-refractivity contribution in [2.75, 3.05) is 38.7 Å². The van der Waals surface area contributed by atoms with E-state index in [1.807, 2.05) is 0 Å². The number of nitrogens with zero attached hydrogens (tertiary/aromatic N) is 2. The molecule has 3 rings (SSSR count). The number of ether oxygens (including phenoxy) is 1. The number of hydrogen-bond donors (Lipinski definition) is 1. The first-order chi connectivity index (χ1) is 13.4. The Bertz CT molecular complexity index is 989. The van der Waals surface area contributed by atoms with Crippen LogP contribution in [0.4, 0.5) is 5.69 Å². The first-order valence-corrected chi connectivity index (χ1v) is 10.1. The van der Waals surface area contributed by atoms with Gasteiger partial charge in [0.15, 0.2) is 0 Å². The molecule has 8 nitrogen and oxygen atoms in total. The van der Waals surface area contributed by atoms with Gasteiger partial charge >= 0.3 is 0 Å². The molecule has 2 aromatic carbocycles. The Morgan fingerprint density at radius 3 is 2.43 bits per heavy atom. The summed E-state index contributed by atoms with van der Waals surface area (Å²) < 4.78 is 32.1. The van der Waals surface area contributed by atoms with Gasteiger partial charge in [-0.1, -0.05) is 6.07 Å². The normalized spacial score (nSPS) is 15.4. The molecule has 1 N–H and O–H groups in total. The van der Waals surface area contributed by atoms with E-state index in [1.165, 1.54) is 31.3 Å². The van der Waals surface area contributed by atoms with Crippen molar-refractivity contribution in [3.05, 3.63) is 54.1 Å². The molecule has 9 heteroatoms. The van der Waals surface area contributed by atoms with Crippen LogP contribution >= 0.6 is 0 Å². The predicted octanol–water partition coefficient (Wildman–Crippen LogP) is 1.09. The van der Waals surface area contributed by atoms with E-state index < -0.39 is 10.0 Å². The number of sulfonamides is 1. The number of hydrogen-bond acceptors (Lipinski definition) is 5. The second-order valence-corrected chi connectivity index (χ2v) is 8.13. The third kappa shape index (κ3) is 3.85. The lowest BCUT2D eigenvalue weighted by molar-refractivity contribution is -0.119. The van der Waals surface area contributed by atoms with Crippen molar-refractivity contribution in [2.45, 2.75) is 4.90 Å². The third-order valence-corrected chi connectivity index (χ3v) is 6.39. The first-order valence-electron chi connectivity index (χ1n) is 8.63. The van der Waals surface area contributed by atoms with Crippen LogP contribution in [0.2, 0.25) is 0 Å². The molecule has 0 aromatic heterocycles. The highest BCUT2D eigenvalue weighted by molar-refractivity contribution is 7.89. The quantitative estimate of drug-likeness (QED) is 0.806. The molecular formula is C19H21N3O5S. The van der Waals surface area contributed by atoms with Crippen LogP contribution in [-0.2, 0) is 14.8 Å². The minimum absolute atomic E-state index is 0.0442. The first kappa shape index (κ1) is 19.8. The molecule has 1 aliphatic rings. The van der Waals surface area contributed by atoms with Crippen molar-refractivity contribution in [3.63, 3.8) is 0 Å². The summed E-state index contributed by atoms with van der Waals surface area (Å²) in [6.45, 7) is 0.154. The lowest BCUT2D eigenvalue weighted by atomic mass is 10.2. The number of amides is 2. The van der Waals surface area contributed by atoms with Gasteiger partial charge < -0.3 is 15.0 Å². The molecule has 0 unspecified atom stereocenters. The van der Waals surface area contributed by atoms with Gasteiger partial charge in [-0.05, 0) is 36.4 Å². The number of benzene rings is 2. The smallest absolute Gasteiger partial charge is 0.251 e. The molecule has 0 atom stereocenters. The van der Waals surface area contributed by atoms with E-state index in [-0.39, 0.29) is 36.3 Å². The fourth-order valence-electron chi connectivity index (χ4n) is 2.98. The van der Waals surface area contributed by atoms with Gasteiger partial charge in [-0.15, -0.1) is 0 Å². The maximum absolute atomic E-state index is 12.9. The lowest BCUT2D eigenvalue weighted by Crippen LogP contribution is -2.52. The Labute approximate surface area is 163 Å². The monoisotopic (exact) mass is 403 g/mol. The van der Waals surface area contributed by atoms with E-state index in [0.717, 1.165) is 4.31 Å². The highest BCUT2D eigenvalue weighted by Crippen LogP contribution is 2.25. The van der Waals surface area contributed by atoms with Crippen molar-refractivity contribution in [1.29, 1.82) is 0 Å². The van der Waals surface area contributed by atoms with Crippen molar-refractivity contribution >= 4 is 27.5 Å². The summed E-state index contributed by atoms with van der Waals surface area (Å²) in [7, 11) is -0.790. The van der Waals surface area contributed by atoms with Gasteiger partial charge in [-0.2, -0.15) is 4.31 Å². The summed E-state index contributed by atoms with van der Waals surface area (Å²) >= 11 is 0. The number of nitrogens with one attached hydrogen (secondary N) is 1. The number of carbonyl (C=O) groups is 2. The molecule has 1 saturated heterocycles. The zero-order chi connectivity index (χ0) is 20.3. The van der Waals surface area contributed by atoms with E-state index in [2.05, 4.69) is 5.32 Å². The Kier molecular flexibility index (Phi) is 5.66. The van der Waals surface area contributed by atoms with Gasteiger partial charge in [0.25, 0.3) is 5.91 Å². The van der Waals surface area contributed by atoms with Gasteiger partial charge in [-0.25, -0.2) is 8.42 Å². The standard InChI is InChI=1S/C19H21N3O5S/c1-20-19(24)14-6-8-17(9-7-14)28(25,26)21-10-11-22(18(23)13-21)15-4-3-5-16(12-15)27-2/h3-9,12H,10-11,13H2,1-2H3,(H,20,24). The van der Waals surface area contributed by atoms with Crippen LogP contribution < -0.4 is 15.0 Å². The van der Waals surface area contributed by atoms with Crippen LogP contribution in [-0.4, -0.2) is 58.3 Å². The summed E-state index contributed by atoms with van der Waals surface area (Å²) in [4.78, 5) is 25.8. The van der Waals surface area contributed by atoms with Crippen LogP contribution in [0.5, 0.6) is 5.75 Å². The summed E-state index contributed by atoms with van der Waals surface area (Å²) in [6.07, 6.45) is 0. The summed E-state index contributed by atoms with van der Waals surface area (Å²) in [5.74, 6) is 0.00708. The second kappa shape index (κ2) is 7.99. The second-order valence-electron chi connectivity index (χ2n) is 6.19. The molecule has 0 spiro atoms. The molecule has 2 amide bonds. The van der Waals surface area contributed by atoms with E-state index in [0.29, 0.717) is 17.0 Å². The average molecular weight is 403 g/mol. The molecule has 148 valence electrons. The molecule has 28 heavy (non-hydrogen) atoms. The lowest BCUT2D eigenvalue weighted by Gasteiger charge is -2.33. The van der Waals surface area contributed by atoms with Crippen LogP contribution in [0, 0.1) is 0 Å². The van der Waals surface area contributed by atoms with Crippen molar-refractivity contribution < 1.29 is 22.7 Å². The van der Waals surface area contributed by atoms with Crippen LogP contribution in [0.15, 0.2) is 53.4 Å². The number of rotatable bonds is 5. The Morgan fingerprint density at radius 1 is 1.11 bits per heavy atom. The molecule has 0 bridgehead atoms. The maximum atomic E-state index is 12.9. The van der Waals surface area contributed by atoms with Crippen molar-refractivity contribution in [3.8, 4) is 5.75 Å². The van der Waals surface area contributed by atoms with Crippen LogP contribution in [0.1, 0.15) is 10.4 Å².